The number of H-pyrrole nitrogens is 1. The molecule has 0 saturated heterocycles. The van der Waals surface area contributed by atoms with Gasteiger partial charge in [-0.3, -0.25) is 4.79 Å². The molecule has 1 rings (SSSR count). The fourth-order valence-electron chi connectivity index (χ4n) is 1.49. The minimum atomic E-state index is -0.196. The van der Waals surface area contributed by atoms with E-state index in [2.05, 4.69) is 29.1 Å². The lowest BCUT2D eigenvalue weighted by atomic mass is 9.84. The molecule has 0 saturated carbocycles. The number of hydrogen-bond acceptors (Lipinski definition) is 3. The van der Waals surface area contributed by atoms with E-state index < -0.39 is 0 Å². The molecule has 1 aromatic rings. The summed E-state index contributed by atoms with van der Waals surface area (Å²) < 4.78 is 0. The summed E-state index contributed by atoms with van der Waals surface area (Å²) in [6.45, 7) is 4.88. The second-order valence-electron chi connectivity index (χ2n) is 3.96. The number of aromatic amines is 1. The molecule has 0 atom stereocenters. The summed E-state index contributed by atoms with van der Waals surface area (Å²) in [5, 5.41) is 3.07. The standard InChI is InChI=1S/C11H18ClN3O/c1-3-11(4-2,7-12)8-15-9-10(16)14-6-5-13-9/h5-6H,3-4,7-8H2,1-2H3,(H,13,15)(H,14,16). The Morgan fingerprint density at radius 1 is 1.50 bits per heavy atom. The first-order valence-electron chi connectivity index (χ1n) is 5.51. The average molecular weight is 244 g/mol. The van der Waals surface area contributed by atoms with Crippen LogP contribution >= 0.6 is 11.6 Å². The van der Waals surface area contributed by atoms with Crippen LogP contribution in [0.1, 0.15) is 26.7 Å². The highest BCUT2D eigenvalue weighted by Crippen LogP contribution is 2.27. The SMILES string of the molecule is CCC(CC)(CCl)CNc1ncc[nH]c1=O. The molecule has 0 aliphatic carbocycles. The van der Waals surface area contributed by atoms with Gasteiger partial charge in [-0.2, -0.15) is 0 Å². The number of rotatable bonds is 6. The van der Waals surface area contributed by atoms with E-state index in [1.54, 1.807) is 6.20 Å². The predicted molar refractivity (Wildman–Crippen MR) is 67.1 cm³/mol. The van der Waals surface area contributed by atoms with Crippen molar-refractivity contribution in [3.8, 4) is 0 Å². The zero-order valence-corrected chi connectivity index (χ0v) is 10.5. The Morgan fingerprint density at radius 2 is 2.19 bits per heavy atom. The van der Waals surface area contributed by atoms with E-state index in [9.17, 15) is 4.79 Å². The molecule has 5 heteroatoms. The summed E-state index contributed by atoms with van der Waals surface area (Å²) in [5.41, 5.74) is -0.163. The molecular weight excluding hydrogens is 226 g/mol. The summed E-state index contributed by atoms with van der Waals surface area (Å²) >= 11 is 5.98. The molecule has 0 amide bonds. The Bertz CT molecular complexity index is 365. The van der Waals surface area contributed by atoms with E-state index in [1.165, 1.54) is 6.20 Å². The van der Waals surface area contributed by atoms with Crippen molar-refractivity contribution in [2.75, 3.05) is 17.7 Å². The molecule has 0 aliphatic heterocycles. The third-order valence-electron chi connectivity index (χ3n) is 3.12. The third kappa shape index (κ3) is 2.98. The first-order chi connectivity index (χ1) is 7.67. The quantitative estimate of drug-likeness (QED) is 0.754. The molecule has 0 unspecified atom stereocenters. The number of anilines is 1. The number of nitrogens with zero attached hydrogens (tertiary/aromatic N) is 1. The maximum atomic E-state index is 11.4. The second kappa shape index (κ2) is 5.89. The first-order valence-corrected chi connectivity index (χ1v) is 6.04. The lowest BCUT2D eigenvalue weighted by molar-refractivity contribution is 0.326. The summed E-state index contributed by atoms with van der Waals surface area (Å²) in [7, 11) is 0. The van der Waals surface area contributed by atoms with Crippen LogP contribution in [-0.2, 0) is 0 Å². The molecule has 0 spiro atoms. The van der Waals surface area contributed by atoms with Gasteiger partial charge in [0.15, 0.2) is 5.82 Å². The normalized spacial score (nSPS) is 11.4. The van der Waals surface area contributed by atoms with E-state index in [0.29, 0.717) is 18.2 Å². The molecule has 0 aromatic carbocycles. The molecule has 0 bridgehead atoms. The highest BCUT2D eigenvalue weighted by molar-refractivity contribution is 6.18. The lowest BCUT2D eigenvalue weighted by Crippen LogP contribution is -2.32. The van der Waals surface area contributed by atoms with Gasteiger partial charge in [-0.15, -0.1) is 11.6 Å². The largest absolute Gasteiger partial charge is 0.365 e. The van der Waals surface area contributed by atoms with Gasteiger partial charge >= 0.3 is 0 Å². The number of hydrogen-bond donors (Lipinski definition) is 2. The van der Waals surface area contributed by atoms with Crippen LogP contribution in [-0.4, -0.2) is 22.4 Å². The Balaban J connectivity index is 2.70. The minimum absolute atomic E-state index is 0.0333. The molecular formula is C11H18ClN3O. The summed E-state index contributed by atoms with van der Waals surface area (Å²) in [5.74, 6) is 0.941. The summed E-state index contributed by atoms with van der Waals surface area (Å²) in [4.78, 5) is 18.0. The molecule has 1 heterocycles. The van der Waals surface area contributed by atoms with Crippen molar-refractivity contribution in [1.82, 2.24) is 9.97 Å². The van der Waals surface area contributed by atoms with E-state index in [1.807, 2.05) is 0 Å². The van der Waals surface area contributed by atoms with Gasteiger partial charge in [-0.25, -0.2) is 4.98 Å². The van der Waals surface area contributed by atoms with E-state index in [-0.39, 0.29) is 11.0 Å². The van der Waals surface area contributed by atoms with Crippen molar-refractivity contribution in [1.29, 1.82) is 0 Å². The van der Waals surface area contributed by atoms with Crippen LogP contribution in [0.2, 0.25) is 0 Å². The van der Waals surface area contributed by atoms with E-state index in [0.717, 1.165) is 12.8 Å². The highest BCUT2D eigenvalue weighted by Gasteiger charge is 2.25. The van der Waals surface area contributed by atoms with Gasteiger partial charge in [0.1, 0.15) is 0 Å². The monoisotopic (exact) mass is 243 g/mol. The average Bonchev–Trinajstić information content (AvgIpc) is 2.34. The van der Waals surface area contributed by atoms with Crippen LogP contribution in [0.4, 0.5) is 5.82 Å². The fourth-order valence-corrected chi connectivity index (χ4v) is 1.96. The van der Waals surface area contributed by atoms with Crippen molar-refractivity contribution in [3.63, 3.8) is 0 Å². The van der Waals surface area contributed by atoms with Gasteiger partial charge in [-0.05, 0) is 12.8 Å². The number of aromatic nitrogens is 2. The van der Waals surface area contributed by atoms with Crippen LogP contribution in [0.15, 0.2) is 17.2 Å². The summed E-state index contributed by atoms with van der Waals surface area (Å²) in [6, 6.07) is 0. The van der Waals surface area contributed by atoms with E-state index >= 15 is 0 Å². The van der Waals surface area contributed by atoms with Gasteiger partial charge in [0.05, 0.1) is 0 Å². The van der Waals surface area contributed by atoms with Gasteiger partial charge in [0, 0.05) is 30.2 Å². The van der Waals surface area contributed by atoms with Crippen molar-refractivity contribution in [2.24, 2.45) is 5.41 Å². The summed E-state index contributed by atoms with van der Waals surface area (Å²) in [6.07, 6.45) is 5.03. The van der Waals surface area contributed by atoms with Gasteiger partial charge in [-0.1, -0.05) is 13.8 Å². The Kier molecular flexibility index (Phi) is 4.80. The Labute approximate surface area is 100 Å². The van der Waals surface area contributed by atoms with Crippen molar-refractivity contribution < 1.29 is 0 Å². The van der Waals surface area contributed by atoms with Gasteiger partial charge in [0.25, 0.3) is 5.56 Å². The number of alkyl halides is 1. The molecule has 16 heavy (non-hydrogen) atoms. The smallest absolute Gasteiger partial charge is 0.290 e. The van der Waals surface area contributed by atoms with Crippen molar-refractivity contribution in [2.45, 2.75) is 26.7 Å². The van der Waals surface area contributed by atoms with Crippen LogP contribution < -0.4 is 10.9 Å². The molecule has 4 nitrogen and oxygen atoms in total. The predicted octanol–water partition coefficient (Wildman–Crippen LogP) is 2.23. The van der Waals surface area contributed by atoms with Crippen LogP contribution in [0, 0.1) is 5.41 Å². The molecule has 2 N–H and O–H groups in total. The molecule has 0 aliphatic rings. The zero-order chi connectivity index (χ0) is 12.0. The number of nitrogens with one attached hydrogen (secondary N) is 2. The minimum Gasteiger partial charge on any atom is -0.365 e. The van der Waals surface area contributed by atoms with Gasteiger partial charge in [0.2, 0.25) is 0 Å². The topological polar surface area (TPSA) is 57.8 Å². The molecule has 0 fully saturated rings. The van der Waals surface area contributed by atoms with Crippen LogP contribution in [0.25, 0.3) is 0 Å². The van der Waals surface area contributed by atoms with Gasteiger partial charge < -0.3 is 10.3 Å². The molecule has 0 radical (unpaired) electrons. The highest BCUT2D eigenvalue weighted by atomic mass is 35.5. The Morgan fingerprint density at radius 3 is 2.69 bits per heavy atom. The van der Waals surface area contributed by atoms with Crippen molar-refractivity contribution >= 4 is 17.4 Å². The third-order valence-corrected chi connectivity index (χ3v) is 3.69. The second-order valence-corrected chi connectivity index (χ2v) is 4.23. The number of halogens is 1. The maximum absolute atomic E-state index is 11.4. The maximum Gasteiger partial charge on any atom is 0.290 e. The lowest BCUT2D eigenvalue weighted by Gasteiger charge is -2.29. The zero-order valence-electron chi connectivity index (χ0n) is 9.72. The van der Waals surface area contributed by atoms with Crippen molar-refractivity contribution in [3.05, 3.63) is 22.7 Å². The Hall–Kier alpha value is -1.03. The molecule has 1 aromatic heterocycles. The molecule has 90 valence electrons. The van der Waals surface area contributed by atoms with Crippen LogP contribution in [0.5, 0.6) is 0 Å². The fraction of sp³-hybridized carbons (Fsp3) is 0.636. The van der Waals surface area contributed by atoms with Crippen LogP contribution in [0.3, 0.4) is 0 Å². The first kappa shape index (κ1) is 13.0. The van der Waals surface area contributed by atoms with E-state index in [4.69, 9.17) is 11.6 Å².